The number of halogens is 1. The summed E-state index contributed by atoms with van der Waals surface area (Å²) >= 11 is 0. The van der Waals surface area contributed by atoms with Gasteiger partial charge in [-0.1, -0.05) is 13.3 Å². The highest BCUT2D eigenvalue weighted by Crippen LogP contribution is 2.33. The molecular formula is C16H23FO2. The van der Waals surface area contributed by atoms with E-state index >= 15 is 0 Å². The van der Waals surface area contributed by atoms with Crippen LogP contribution in [0.2, 0.25) is 0 Å². The van der Waals surface area contributed by atoms with Crippen molar-refractivity contribution in [3.05, 3.63) is 29.6 Å². The Morgan fingerprint density at radius 3 is 2.79 bits per heavy atom. The normalized spacial score (nSPS) is 25.1. The molecule has 0 radical (unpaired) electrons. The van der Waals surface area contributed by atoms with E-state index in [9.17, 15) is 9.50 Å². The molecule has 3 atom stereocenters. The molecule has 0 amide bonds. The molecule has 0 saturated heterocycles. The highest BCUT2D eigenvalue weighted by Gasteiger charge is 2.26. The summed E-state index contributed by atoms with van der Waals surface area (Å²) in [6.07, 6.45) is 5.30. The summed E-state index contributed by atoms with van der Waals surface area (Å²) in [4.78, 5) is 0. The van der Waals surface area contributed by atoms with Crippen LogP contribution in [0.5, 0.6) is 5.75 Å². The number of hydrogen-bond acceptors (Lipinski definition) is 2. The van der Waals surface area contributed by atoms with Crippen LogP contribution in [0.15, 0.2) is 18.2 Å². The highest BCUT2D eigenvalue weighted by molar-refractivity contribution is 5.35. The van der Waals surface area contributed by atoms with Crippen LogP contribution in [0.1, 0.15) is 57.6 Å². The van der Waals surface area contributed by atoms with Crippen molar-refractivity contribution < 1.29 is 14.2 Å². The van der Waals surface area contributed by atoms with Gasteiger partial charge in [-0.15, -0.1) is 0 Å². The summed E-state index contributed by atoms with van der Waals surface area (Å²) in [5.74, 6) is 0.862. The van der Waals surface area contributed by atoms with Crippen LogP contribution < -0.4 is 4.74 Å². The van der Waals surface area contributed by atoms with Crippen molar-refractivity contribution in [2.45, 2.75) is 58.2 Å². The molecule has 0 aliphatic heterocycles. The van der Waals surface area contributed by atoms with Crippen LogP contribution in [0.25, 0.3) is 0 Å². The second-order valence-electron chi connectivity index (χ2n) is 5.47. The van der Waals surface area contributed by atoms with Gasteiger partial charge in [0.15, 0.2) is 0 Å². The summed E-state index contributed by atoms with van der Waals surface area (Å²) in [5, 5.41) is 9.73. The van der Waals surface area contributed by atoms with Crippen LogP contribution >= 0.6 is 0 Å². The van der Waals surface area contributed by atoms with Gasteiger partial charge in [0, 0.05) is 5.56 Å². The molecule has 1 aromatic carbocycles. The van der Waals surface area contributed by atoms with E-state index in [1.165, 1.54) is 31.4 Å². The van der Waals surface area contributed by atoms with Crippen molar-refractivity contribution >= 4 is 0 Å². The van der Waals surface area contributed by atoms with Crippen molar-refractivity contribution in [3.8, 4) is 5.75 Å². The molecule has 1 aliphatic carbocycles. The molecule has 2 nitrogen and oxygen atoms in total. The Hall–Kier alpha value is -1.09. The first kappa shape index (κ1) is 14.3. The zero-order chi connectivity index (χ0) is 13.8. The third-order valence-corrected chi connectivity index (χ3v) is 4.06. The molecule has 0 spiro atoms. The molecule has 1 N–H and O–H groups in total. The van der Waals surface area contributed by atoms with Crippen LogP contribution in [0.4, 0.5) is 4.39 Å². The van der Waals surface area contributed by atoms with E-state index in [1.807, 2.05) is 0 Å². The number of hydrogen-bond donors (Lipinski definition) is 1. The highest BCUT2D eigenvalue weighted by atomic mass is 19.1. The Morgan fingerprint density at radius 1 is 1.37 bits per heavy atom. The first-order chi connectivity index (χ1) is 9.11. The lowest BCUT2D eigenvalue weighted by molar-refractivity contribution is 0.0853. The molecule has 1 saturated carbocycles. The van der Waals surface area contributed by atoms with Crippen LogP contribution in [0.3, 0.4) is 0 Å². The molecule has 1 aromatic rings. The minimum atomic E-state index is -0.714. The largest absolute Gasteiger partial charge is 0.490 e. The number of rotatable bonds is 4. The van der Waals surface area contributed by atoms with Gasteiger partial charge in [-0.3, -0.25) is 0 Å². The Labute approximate surface area is 114 Å². The molecule has 0 heterocycles. The van der Waals surface area contributed by atoms with Crippen molar-refractivity contribution in [1.29, 1.82) is 0 Å². The standard InChI is InChI=1S/C16H23FO2/c1-3-12-6-4-5-7-15(12)19-16-9-8-13(17)10-14(16)11(2)18/h8-12,15,18H,3-7H2,1-2H3/t11-,12?,15?/m0/s1. The lowest BCUT2D eigenvalue weighted by Gasteiger charge is -2.32. The number of benzene rings is 1. The van der Waals surface area contributed by atoms with E-state index < -0.39 is 6.10 Å². The summed E-state index contributed by atoms with van der Waals surface area (Å²) < 4.78 is 19.3. The second-order valence-corrected chi connectivity index (χ2v) is 5.47. The average molecular weight is 266 g/mol. The quantitative estimate of drug-likeness (QED) is 0.883. The Kier molecular flexibility index (Phi) is 4.81. The fourth-order valence-corrected chi connectivity index (χ4v) is 2.91. The molecule has 0 aromatic heterocycles. The van der Waals surface area contributed by atoms with E-state index in [2.05, 4.69) is 6.92 Å². The maximum absolute atomic E-state index is 13.3. The molecule has 2 rings (SSSR count). The third kappa shape index (κ3) is 3.47. The molecule has 3 heteroatoms. The first-order valence-corrected chi connectivity index (χ1v) is 7.26. The summed E-state index contributed by atoms with van der Waals surface area (Å²) in [5.41, 5.74) is 0.542. The maximum atomic E-state index is 13.3. The smallest absolute Gasteiger partial charge is 0.125 e. The van der Waals surface area contributed by atoms with E-state index in [1.54, 1.807) is 13.0 Å². The van der Waals surface area contributed by atoms with Gasteiger partial charge in [0.25, 0.3) is 0 Å². The maximum Gasteiger partial charge on any atom is 0.125 e. The van der Waals surface area contributed by atoms with E-state index in [0.29, 0.717) is 17.2 Å². The van der Waals surface area contributed by atoms with Gasteiger partial charge in [0.05, 0.1) is 6.10 Å². The lowest BCUT2D eigenvalue weighted by atomic mass is 9.84. The predicted molar refractivity (Wildman–Crippen MR) is 73.7 cm³/mol. The Balaban J connectivity index is 2.17. The first-order valence-electron chi connectivity index (χ1n) is 7.26. The molecule has 1 fully saturated rings. The van der Waals surface area contributed by atoms with Crippen LogP contribution in [-0.4, -0.2) is 11.2 Å². The van der Waals surface area contributed by atoms with Gasteiger partial charge in [-0.25, -0.2) is 4.39 Å². The number of aliphatic hydroxyl groups excluding tert-OH is 1. The molecular weight excluding hydrogens is 243 g/mol. The average Bonchev–Trinajstić information content (AvgIpc) is 2.41. The number of aliphatic hydroxyl groups is 1. The van der Waals surface area contributed by atoms with Gasteiger partial charge in [0.1, 0.15) is 17.7 Å². The van der Waals surface area contributed by atoms with Crippen molar-refractivity contribution in [3.63, 3.8) is 0 Å². The fourth-order valence-electron chi connectivity index (χ4n) is 2.91. The molecule has 0 bridgehead atoms. The van der Waals surface area contributed by atoms with Crippen molar-refractivity contribution in [2.75, 3.05) is 0 Å². The van der Waals surface area contributed by atoms with E-state index in [-0.39, 0.29) is 11.9 Å². The third-order valence-electron chi connectivity index (χ3n) is 4.06. The zero-order valence-corrected chi connectivity index (χ0v) is 11.7. The lowest BCUT2D eigenvalue weighted by Crippen LogP contribution is -2.30. The van der Waals surface area contributed by atoms with Gasteiger partial charge in [0.2, 0.25) is 0 Å². The minimum absolute atomic E-state index is 0.196. The van der Waals surface area contributed by atoms with E-state index in [0.717, 1.165) is 12.8 Å². The van der Waals surface area contributed by atoms with Gasteiger partial charge < -0.3 is 9.84 Å². The van der Waals surface area contributed by atoms with Crippen molar-refractivity contribution in [2.24, 2.45) is 5.92 Å². The zero-order valence-electron chi connectivity index (χ0n) is 11.7. The second kappa shape index (κ2) is 6.38. The van der Waals surface area contributed by atoms with Crippen LogP contribution in [-0.2, 0) is 0 Å². The number of ether oxygens (including phenoxy) is 1. The molecule has 106 valence electrons. The van der Waals surface area contributed by atoms with Crippen molar-refractivity contribution in [1.82, 2.24) is 0 Å². The van der Waals surface area contributed by atoms with Gasteiger partial charge >= 0.3 is 0 Å². The van der Waals surface area contributed by atoms with E-state index in [4.69, 9.17) is 4.74 Å². The molecule has 2 unspecified atom stereocenters. The Bertz CT molecular complexity index is 417. The Morgan fingerprint density at radius 2 is 2.11 bits per heavy atom. The molecule has 19 heavy (non-hydrogen) atoms. The fraction of sp³-hybridized carbons (Fsp3) is 0.625. The summed E-state index contributed by atoms with van der Waals surface area (Å²) in [7, 11) is 0. The van der Waals surface area contributed by atoms with Gasteiger partial charge in [-0.2, -0.15) is 0 Å². The SMILES string of the molecule is CCC1CCCCC1Oc1ccc(F)cc1[C@H](C)O. The topological polar surface area (TPSA) is 29.5 Å². The monoisotopic (exact) mass is 266 g/mol. The predicted octanol–water partition coefficient (Wildman–Crippen LogP) is 4.23. The molecule has 1 aliphatic rings. The minimum Gasteiger partial charge on any atom is -0.490 e. The summed E-state index contributed by atoms with van der Waals surface area (Å²) in [6, 6.07) is 4.40. The van der Waals surface area contributed by atoms with Crippen LogP contribution in [0, 0.1) is 11.7 Å². The van der Waals surface area contributed by atoms with Gasteiger partial charge in [-0.05, 0) is 56.7 Å². The summed E-state index contributed by atoms with van der Waals surface area (Å²) in [6.45, 7) is 3.83.